The minimum atomic E-state index is -0.387. The van der Waals surface area contributed by atoms with Gasteiger partial charge in [-0.2, -0.15) is 0 Å². The summed E-state index contributed by atoms with van der Waals surface area (Å²) in [7, 11) is 1.51. The molecule has 0 amide bonds. The van der Waals surface area contributed by atoms with Crippen LogP contribution in [0.4, 0.5) is 4.39 Å². The lowest BCUT2D eigenvalue weighted by atomic mass is 10.0. The van der Waals surface area contributed by atoms with Gasteiger partial charge < -0.3 is 10.5 Å². The highest BCUT2D eigenvalue weighted by molar-refractivity contribution is 5.68. The Kier molecular flexibility index (Phi) is 3.58. The quantitative estimate of drug-likeness (QED) is 0.905. The number of ether oxygens (including phenoxy) is 1. The maximum absolute atomic E-state index is 13.2. The fraction of sp³-hybridized carbons (Fsp3) is 0.214. The van der Waals surface area contributed by atoms with Gasteiger partial charge in [0.2, 0.25) is 5.88 Å². The predicted molar refractivity (Wildman–Crippen MR) is 68.8 cm³/mol. The number of nitrogens with two attached hydrogens (primary N) is 1. The van der Waals surface area contributed by atoms with E-state index in [1.807, 2.05) is 31.2 Å². The summed E-state index contributed by atoms with van der Waals surface area (Å²) in [5.74, 6) is 0.0204. The van der Waals surface area contributed by atoms with Crippen LogP contribution in [-0.4, -0.2) is 12.1 Å². The molecule has 4 heteroatoms. The van der Waals surface area contributed by atoms with E-state index in [9.17, 15) is 4.39 Å². The summed E-state index contributed by atoms with van der Waals surface area (Å²) in [6.07, 6.45) is 1.14. The van der Waals surface area contributed by atoms with Gasteiger partial charge in [0.15, 0.2) is 0 Å². The first kappa shape index (κ1) is 12.5. The Morgan fingerprint density at radius 1 is 1.28 bits per heavy atom. The van der Waals surface area contributed by atoms with Crippen molar-refractivity contribution in [3.63, 3.8) is 0 Å². The molecule has 0 radical (unpaired) electrons. The van der Waals surface area contributed by atoms with Gasteiger partial charge in [-0.15, -0.1) is 0 Å². The average Bonchev–Trinajstić information content (AvgIpc) is 2.39. The molecule has 2 rings (SSSR count). The van der Waals surface area contributed by atoms with Crippen LogP contribution in [0.1, 0.15) is 18.5 Å². The Hall–Kier alpha value is -1.94. The molecule has 1 aromatic carbocycles. The largest absolute Gasteiger partial charge is 0.481 e. The second-order valence-electron chi connectivity index (χ2n) is 4.12. The van der Waals surface area contributed by atoms with Gasteiger partial charge in [0.05, 0.1) is 13.3 Å². The highest BCUT2D eigenvalue weighted by atomic mass is 19.1. The van der Waals surface area contributed by atoms with Gasteiger partial charge in [0.25, 0.3) is 0 Å². The third-order valence-corrected chi connectivity index (χ3v) is 2.76. The van der Waals surface area contributed by atoms with E-state index in [1.165, 1.54) is 13.2 Å². The maximum Gasteiger partial charge on any atom is 0.221 e. The smallest absolute Gasteiger partial charge is 0.221 e. The third kappa shape index (κ3) is 2.49. The van der Waals surface area contributed by atoms with Crippen LogP contribution in [0.2, 0.25) is 0 Å². The molecule has 0 aliphatic heterocycles. The lowest BCUT2D eigenvalue weighted by Gasteiger charge is -2.09. The highest BCUT2D eigenvalue weighted by Gasteiger charge is 2.09. The van der Waals surface area contributed by atoms with E-state index >= 15 is 0 Å². The van der Waals surface area contributed by atoms with Crippen molar-refractivity contribution in [1.82, 2.24) is 4.98 Å². The van der Waals surface area contributed by atoms with Gasteiger partial charge in [0.1, 0.15) is 5.82 Å². The van der Waals surface area contributed by atoms with E-state index in [1.54, 1.807) is 0 Å². The van der Waals surface area contributed by atoms with E-state index in [-0.39, 0.29) is 11.9 Å². The van der Waals surface area contributed by atoms with Crippen LogP contribution in [0, 0.1) is 5.82 Å². The molecule has 94 valence electrons. The van der Waals surface area contributed by atoms with Crippen molar-refractivity contribution in [2.45, 2.75) is 13.0 Å². The van der Waals surface area contributed by atoms with E-state index in [0.717, 1.165) is 17.3 Å². The van der Waals surface area contributed by atoms with Crippen molar-refractivity contribution in [2.75, 3.05) is 7.11 Å². The number of halogens is 1. The maximum atomic E-state index is 13.2. The molecule has 1 aromatic heterocycles. The fourth-order valence-electron chi connectivity index (χ4n) is 1.76. The van der Waals surface area contributed by atoms with Crippen molar-refractivity contribution < 1.29 is 9.13 Å². The first-order valence-electron chi connectivity index (χ1n) is 5.67. The molecule has 3 nitrogen and oxygen atoms in total. The first-order valence-corrected chi connectivity index (χ1v) is 5.67. The molecule has 2 N–H and O–H groups in total. The molecule has 2 aromatic rings. The molecule has 0 aliphatic rings. The Morgan fingerprint density at radius 2 is 1.94 bits per heavy atom. The van der Waals surface area contributed by atoms with Crippen molar-refractivity contribution in [3.8, 4) is 17.0 Å². The third-order valence-electron chi connectivity index (χ3n) is 2.76. The zero-order chi connectivity index (χ0) is 13.1. The van der Waals surface area contributed by atoms with Gasteiger partial charge in [-0.3, -0.25) is 0 Å². The number of hydrogen-bond donors (Lipinski definition) is 1. The number of methoxy groups -OCH3 is 1. The van der Waals surface area contributed by atoms with Crippen LogP contribution < -0.4 is 10.5 Å². The van der Waals surface area contributed by atoms with Crippen molar-refractivity contribution >= 4 is 0 Å². The highest BCUT2D eigenvalue weighted by Crippen LogP contribution is 2.29. The van der Waals surface area contributed by atoms with Gasteiger partial charge in [-0.05, 0) is 24.1 Å². The standard InChI is InChI=1S/C14H15FN2O/c1-9(16)10-3-5-11(6-4-10)13-7-12(15)8-17-14(13)18-2/h3-9H,16H2,1-2H3. The number of aromatic nitrogens is 1. The number of rotatable bonds is 3. The number of pyridine rings is 1. The molecular weight excluding hydrogens is 231 g/mol. The van der Waals surface area contributed by atoms with E-state index in [4.69, 9.17) is 10.5 Å². The molecule has 0 fully saturated rings. The summed E-state index contributed by atoms with van der Waals surface area (Å²) in [5.41, 5.74) is 8.30. The molecule has 1 unspecified atom stereocenters. The Labute approximate surface area is 105 Å². The molecule has 0 aliphatic carbocycles. The van der Waals surface area contributed by atoms with E-state index in [0.29, 0.717) is 11.4 Å². The van der Waals surface area contributed by atoms with Gasteiger partial charge >= 0.3 is 0 Å². The second-order valence-corrected chi connectivity index (χ2v) is 4.12. The van der Waals surface area contributed by atoms with E-state index < -0.39 is 0 Å². The second kappa shape index (κ2) is 5.14. The van der Waals surface area contributed by atoms with Crippen LogP contribution in [0.5, 0.6) is 5.88 Å². The van der Waals surface area contributed by atoms with Crippen LogP contribution in [0.25, 0.3) is 11.1 Å². The monoisotopic (exact) mass is 246 g/mol. The van der Waals surface area contributed by atoms with Gasteiger partial charge in [-0.1, -0.05) is 24.3 Å². The number of benzene rings is 1. The molecule has 1 heterocycles. The average molecular weight is 246 g/mol. The Bertz CT molecular complexity index is 538. The van der Waals surface area contributed by atoms with E-state index in [2.05, 4.69) is 4.98 Å². The van der Waals surface area contributed by atoms with Crippen molar-refractivity contribution in [2.24, 2.45) is 5.73 Å². The molecule has 0 bridgehead atoms. The summed E-state index contributed by atoms with van der Waals surface area (Å²) < 4.78 is 18.4. The summed E-state index contributed by atoms with van der Waals surface area (Å²) in [4.78, 5) is 3.91. The minimum absolute atomic E-state index is 0.0217. The molecule has 18 heavy (non-hydrogen) atoms. The molecule has 0 saturated carbocycles. The first-order chi connectivity index (χ1) is 8.61. The summed E-state index contributed by atoms with van der Waals surface area (Å²) in [6.45, 7) is 1.92. The Morgan fingerprint density at radius 3 is 2.50 bits per heavy atom. The molecule has 1 atom stereocenters. The fourth-order valence-corrected chi connectivity index (χ4v) is 1.76. The predicted octanol–water partition coefficient (Wildman–Crippen LogP) is 2.92. The van der Waals surface area contributed by atoms with Crippen LogP contribution in [0.3, 0.4) is 0 Å². The summed E-state index contributed by atoms with van der Waals surface area (Å²) in [5, 5.41) is 0. The normalized spacial score (nSPS) is 12.2. The SMILES string of the molecule is COc1ncc(F)cc1-c1ccc(C(C)N)cc1. The van der Waals surface area contributed by atoms with Gasteiger partial charge in [0, 0.05) is 11.6 Å². The number of nitrogens with zero attached hydrogens (tertiary/aromatic N) is 1. The molecule has 0 spiro atoms. The summed E-state index contributed by atoms with van der Waals surface area (Å²) in [6, 6.07) is 9.00. The van der Waals surface area contributed by atoms with Crippen LogP contribution in [0.15, 0.2) is 36.5 Å². The Balaban J connectivity index is 2.44. The van der Waals surface area contributed by atoms with Crippen LogP contribution in [-0.2, 0) is 0 Å². The van der Waals surface area contributed by atoms with Crippen molar-refractivity contribution in [1.29, 1.82) is 0 Å². The summed E-state index contributed by atoms with van der Waals surface area (Å²) >= 11 is 0. The minimum Gasteiger partial charge on any atom is -0.481 e. The van der Waals surface area contributed by atoms with Crippen LogP contribution >= 0.6 is 0 Å². The molecular formula is C14H15FN2O. The molecule has 0 saturated heterocycles. The zero-order valence-corrected chi connectivity index (χ0v) is 10.4. The zero-order valence-electron chi connectivity index (χ0n) is 10.4. The van der Waals surface area contributed by atoms with Crippen molar-refractivity contribution in [3.05, 3.63) is 47.9 Å². The topological polar surface area (TPSA) is 48.1 Å². The lowest BCUT2D eigenvalue weighted by molar-refractivity contribution is 0.397. The van der Waals surface area contributed by atoms with Gasteiger partial charge in [-0.25, -0.2) is 9.37 Å². The lowest BCUT2D eigenvalue weighted by Crippen LogP contribution is -2.04. The number of hydrogen-bond acceptors (Lipinski definition) is 3.